The number of amides is 1. The number of hydrogen-bond donors (Lipinski definition) is 1. The van der Waals surface area contributed by atoms with E-state index in [4.69, 9.17) is 4.74 Å². The first kappa shape index (κ1) is 16.7. The molecule has 1 N–H and O–H groups in total. The standard InChI is InChI=1S/C18H18FNO3/c1-2-23-18(22)14-7-10-15(11-8-14)20-17(21)12-9-13-5-3-4-6-16(13)19/h3-8,10-11H,2,9,12H2,1H3,(H,20,21). The Hall–Kier alpha value is -2.69. The zero-order valence-corrected chi connectivity index (χ0v) is 12.8. The summed E-state index contributed by atoms with van der Waals surface area (Å²) in [4.78, 5) is 23.4. The van der Waals surface area contributed by atoms with Gasteiger partial charge in [0.25, 0.3) is 0 Å². The Morgan fingerprint density at radius 3 is 2.43 bits per heavy atom. The summed E-state index contributed by atoms with van der Waals surface area (Å²) >= 11 is 0. The number of carbonyl (C=O) groups is 2. The summed E-state index contributed by atoms with van der Waals surface area (Å²) in [5, 5.41) is 2.72. The summed E-state index contributed by atoms with van der Waals surface area (Å²) in [5.41, 5.74) is 1.52. The Labute approximate surface area is 134 Å². The SMILES string of the molecule is CCOC(=O)c1ccc(NC(=O)CCc2ccccc2F)cc1. The van der Waals surface area contributed by atoms with Gasteiger partial charge in [-0.25, -0.2) is 9.18 Å². The zero-order chi connectivity index (χ0) is 16.7. The maximum atomic E-state index is 13.5. The molecule has 2 aromatic rings. The topological polar surface area (TPSA) is 55.4 Å². The number of aryl methyl sites for hydroxylation is 1. The van der Waals surface area contributed by atoms with Gasteiger partial charge in [-0.1, -0.05) is 18.2 Å². The number of rotatable bonds is 6. The second kappa shape index (κ2) is 8.08. The van der Waals surface area contributed by atoms with Crippen molar-refractivity contribution in [3.05, 3.63) is 65.5 Å². The van der Waals surface area contributed by atoms with Crippen molar-refractivity contribution < 1.29 is 18.7 Å². The van der Waals surface area contributed by atoms with E-state index in [-0.39, 0.29) is 18.1 Å². The van der Waals surface area contributed by atoms with Gasteiger partial charge in [0.15, 0.2) is 0 Å². The van der Waals surface area contributed by atoms with E-state index in [1.54, 1.807) is 49.4 Å². The predicted octanol–water partition coefficient (Wildman–Crippen LogP) is 3.57. The van der Waals surface area contributed by atoms with Gasteiger partial charge < -0.3 is 10.1 Å². The molecule has 2 aromatic carbocycles. The molecular formula is C18H18FNO3. The zero-order valence-electron chi connectivity index (χ0n) is 12.8. The Kier molecular flexibility index (Phi) is 5.86. The quantitative estimate of drug-likeness (QED) is 0.829. The van der Waals surface area contributed by atoms with Crippen molar-refractivity contribution in [3.63, 3.8) is 0 Å². The Bertz CT molecular complexity index is 683. The first-order chi connectivity index (χ1) is 11.1. The number of halogens is 1. The molecule has 0 saturated heterocycles. The van der Waals surface area contributed by atoms with Gasteiger partial charge in [0.05, 0.1) is 12.2 Å². The van der Waals surface area contributed by atoms with Gasteiger partial charge in [0, 0.05) is 12.1 Å². The van der Waals surface area contributed by atoms with Crippen LogP contribution in [0.2, 0.25) is 0 Å². The highest BCUT2D eigenvalue weighted by molar-refractivity contribution is 5.93. The summed E-state index contributed by atoms with van der Waals surface area (Å²) < 4.78 is 18.4. The van der Waals surface area contributed by atoms with Crippen LogP contribution >= 0.6 is 0 Å². The van der Waals surface area contributed by atoms with E-state index < -0.39 is 5.97 Å². The molecule has 23 heavy (non-hydrogen) atoms. The van der Waals surface area contributed by atoms with E-state index in [0.717, 1.165) is 0 Å². The molecule has 0 radical (unpaired) electrons. The van der Waals surface area contributed by atoms with Crippen LogP contribution in [0.3, 0.4) is 0 Å². The third-order valence-electron chi connectivity index (χ3n) is 3.26. The lowest BCUT2D eigenvalue weighted by molar-refractivity contribution is -0.116. The number of ether oxygens (including phenoxy) is 1. The van der Waals surface area contributed by atoms with Gasteiger partial charge in [0.2, 0.25) is 5.91 Å². The van der Waals surface area contributed by atoms with Gasteiger partial charge in [-0.2, -0.15) is 0 Å². The highest BCUT2D eigenvalue weighted by Gasteiger charge is 2.08. The van der Waals surface area contributed by atoms with E-state index in [1.165, 1.54) is 6.07 Å². The first-order valence-electron chi connectivity index (χ1n) is 7.40. The van der Waals surface area contributed by atoms with Crippen LogP contribution in [-0.4, -0.2) is 18.5 Å². The summed E-state index contributed by atoms with van der Waals surface area (Å²) in [6.45, 7) is 2.05. The Morgan fingerprint density at radius 1 is 1.09 bits per heavy atom. The van der Waals surface area contributed by atoms with E-state index >= 15 is 0 Å². The molecule has 0 aliphatic rings. The van der Waals surface area contributed by atoms with Gasteiger partial charge in [-0.05, 0) is 49.2 Å². The number of carbonyl (C=O) groups excluding carboxylic acids is 2. The molecule has 0 bridgehead atoms. The van der Waals surface area contributed by atoms with Crippen molar-refractivity contribution in [1.82, 2.24) is 0 Å². The lowest BCUT2D eigenvalue weighted by Gasteiger charge is -2.07. The fraction of sp³-hybridized carbons (Fsp3) is 0.222. The molecular weight excluding hydrogens is 297 g/mol. The third-order valence-corrected chi connectivity index (χ3v) is 3.26. The van der Waals surface area contributed by atoms with Gasteiger partial charge in [-0.3, -0.25) is 4.79 Å². The van der Waals surface area contributed by atoms with Crippen LogP contribution in [0.1, 0.15) is 29.3 Å². The molecule has 2 rings (SSSR count). The molecule has 0 aromatic heterocycles. The van der Waals surface area contributed by atoms with Gasteiger partial charge >= 0.3 is 5.97 Å². The minimum absolute atomic E-state index is 0.181. The van der Waals surface area contributed by atoms with Crippen LogP contribution in [0.15, 0.2) is 48.5 Å². The van der Waals surface area contributed by atoms with Crippen molar-refractivity contribution in [2.45, 2.75) is 19.8 Å². The number of benzene rings is 2. The minimum Gasteiger partial charge on any atom is -0.462 e. The summed E-state index contributed by atoms with van der Waals surface area (Å²) in [7, 11) is 0. The van der Waals surface area contributed by atoms with Crippen molar-refractivity contribution in [3.8, 4) is 0 Å². The maximum absolute atomic E-state index is 13.5. The Morgan fingerprint density at radius 2 is 1.78 bits per heavy atom. The number of nitrogens with one attached hydrogen (secondary N) is 1. The molecule has 0 heterocycles. The second-order valence-electron chi connectivity index (χ2n) is 4.94. The van der Waals surface area contributed by atoms with Crippen LogP contribution in [0.25, 0.3) is 0 Å². The normalized spacial score (nSPS) is 10.2. The number of anilines is 1. The van der Waals surface area contributed by atoms with Crippen molar-refractivity contribution in [1.29, 1.82) is 0 Å². The van der Waals surface area contributed by atoms with E-state index in [0.29, 0.717) is 29.8 Å². The predicted molar refractivity (Wildman–Crippen MR) is 85.7 cm³/mol. The second-order valence-corrected chi connectivity index (χ2v) is 4.94. The lowest BCUT2D eigenvalue weighted by Crippen LogP contribution is -2.13. The number of hydrogen-bond acceptors (Lipinski definition) is 3. The summed E-state index contributed by atoms with van der Waals surface area (Å²) in [6.07, 6.45) is 0.514. The maximum Gasteiger partial charge on any atom is 0.338 e. The van der Waals surface area contributed by atoms with Gasteiger partial charge in [-0.15, -0.1) is 0 Å². The van der Waals surface area contributed by atoms with Crippen molar-refractivity contribution >= 4 is 17.6 Å². The molecule has 0 spiro atoms. The van der Waals surface area contributed by atoms with Crippen LogP contribution in [0.5, 0.6) is 0 Å². The monoisotopic (exact) mass is 315 g/mol. The minimum atomic E-state index is -0.398. The van der Waals surface area contributed by atoms with Crippen LogP contribution in [0.4, 0.5) is 10.1 Å². The van der Waals surface area contributed by atoms with E-state index in [1.807, 2.05) is 0 Å². The van der Waals surface area contributed by atoms with Crippen LogP contribution in [0, 0.1) is 5.82 Å². The molecule has 0 aliphatic heterocycles. The smallest absolute Gasteiger partial charge is 0.338 e. The highest BCUT2D eigenvalue weighted by atomic mass is 19.1. The largest absolute Gasteiger partial charge is 0.462 e. The summed E-state index contributed by atoms with van der Waals surface area (Å²) in [6, 6.07) is 12.8. The molecule has 5 heteroatoms. The first-order valence-corrected chi connectivity index (χ1v) is 7.40. The van der Waals surface area contributed by atoms with Crippen LogP contribution in [-0.2, 0) is 16.0 Å². The molecule has 4 nitrogen and oxygen atoms in total. The molecule has 120 valence electrons. The van der Waals surface area contributed by atoms with Crippen molar-refractivity contribution in [2.75, 3.05) is 11.9 Å². The van der Waals surface area contributed by atoms with E-state index in [2.05, 4.69) is 5.32 Å². The molecule has 1 amide bonds. The Balaban J connectivity index is 1.88. The molecule has 0 saturated carbocycles. The average molecular weight is 315 g/mol. The highest BCUT2D eigenvalue weighted by Crippen LogP contribution is 2.13. The average Bonchev–Trinajstić information content (AvgIpc) is 2.55. The molecule has 0 aliphatic carbocycles. The molecule has 0 fully saturated rings. The number of esters is 1. The van der Waals surface area contributed by atoms with E-state index in [9.17, 15) is 14.0 Å². The summed E-state index contributed by atoms with van der Waals surface area (Å²) in [5.74, 6) is -0.916. The fourth-order valence-corrected chi connectivity index (χ4v) is 2.08. The molecule has 0 unspecified atom stereocenters. The third kappa shape index (κ3) is 4.92. The van der Waals surface area contributed by atoms with Gasteiger partial charge in [0.1, 0.15) is 5.82 Å². The molecule has 0 atom stereocenters. The van der Waals surface area contributed by atoms with Crippen LogP contribution < -0.4 is 5.32 Å². The van der Waals surface area contributed by atoms with Crippen molar-refractivity contribution in [2.24, 2.45) is 0 Å². The lowest BCUT2D eigenvalue weighted by atomic mass is 10.1. The fourth-order valence-electron chi connectivity index (χ4n) is 2.08.